The first kappa shape index (κ1) is 13.7. The van der Waals surface area contributed by atoms with Crippen LogP contribution in [0.1, 0.15) is 0 Å². The Morgan fingerprint density at radius 2 is 1.65 bits per heavy atom. The lowest BCUT2D eigenvalue weighted by Crippen LogP contribution is -2.16. The van der Waals surface area contributed by atoms with E-state index in [4.69, 9.17) is 6.57 Å². The van der Waals surface area contributed by atoms with Crippen LogP contribution in [0.25, 0.3) is 4.85 Å². The van der Waals surface area contributed by atoms with Crippen LogP contribution in [0.4, 0.5) is 30.2 Å². The number of nitrogens with one attached hydrogen (secondary N) is 1. The summed E-state index contributed by atoms with van der Waals surface area (Å²) in [6.45, 7) is 7.02. The molecular formula is C14H9F3N2O. The van der Waals surface area contributed by atoms with Crippen LogP contribution in [0, 0.1) is 6.57 Å². The summed E-state index contributed by atoms with van der Waals surface area (Å²) in [5.74, 6) is -0.290. The monoisotopic (exact) mass is 278 g/mol. The van der Waals surface area contributed by atoms with E-state index in [2.05, 4.69) is 14.9 Å². The molecule has 3 nitrogen and oxygen atoms in total. The van der Waals surface area contributed by atoms with Crippen LogP contribution in [0.3, 0.4) is 0 Å². The fourth-order valence-corrected chi connectivity index (χ4v) is 1.57. The molecule has 102 valence electrons. The Balaban J connectivity index is 2.13. The number of para-hydroxylation sites is 2. The van der Waals surface area contributed by atoms with Crippen molar-refractivity contribution >= 4 is 17.1 Å². The predicted molar refractivity (Wildman–Crippen MR) is 69.1 cm³/mol. The van der Waals surface area contributed by atoms with Crippen LogP contribution < -0.4 is 10.1 Å². The van der Waals surface area contributed by atoms with E-state index in [9.17, 15) is 13.2 Å². The fraction of sp³-hybridized carbons (Fsp3) is 0.0714. The molecule has 0 atom stereocenters. The predicted octanol–water partition coefficient (Wildman–Crippen LogP) is 4.88. The number of nitrogens with zero attached hydrogens (tertiary/aromatic N) is 1. The molecular weight excluding hydrogens is 269 g/mol. The normalized spacial score (nSPS) is 10.7. The highest BCUT2D eigenvalue weighted by Gasteiger charge is 2.30. The van der Waals surface area contributed by atoms with Crippen molar-refractivity contribution < 1.29 is 17.9 Å². The van der Waals surface area contributed by atoms with Gasteiger partial charge in [-0.1, -0.05) is 18.2 Å². The molecule has 0 aliphatic rings. The summed E-state index contributed by atoms with van der Waals surface area (Å²) in [6.07, 6.45) is -4.70. The van der Waals surface area contributed by atoms with Gasteiger partial charge in [0, 0.05) is 11.4 Å². The second-order valence-corrected chi connectivity index (χ2v) is 3.83. The van der Waals surface area contributed by atoms with Gasteiger partial charge in [-0.25, -0.2) is 4.85 Å². The maximum atomic E-state index is 12.0. The SMILES string of the molecule is [C-]#[N+]c1ccccc1Nc1ccc(OC(F)(F)F)cc1. The Labute approximate surface area is 113 Å². The summed E-state index contributed by atoms with van der Waals surface area (Å²) in [5, 5.41) is 2.96. The maximum absolute atomic E-state index is 12.0. The van der Waals surface area contributed by atoms with Gasteiger partial charge in [0.1, 0.15) is 5.75 Å². The topological polar surface area (TPSA) is 25.6 Å². The van der Waals surface area contributed by atoms with E-state index in [1.165, 1.54) is 24.3 Å². The minimum atomic E-state index is -4.70. The van der Waals surface area contributed by atoms with Crippen LogP contribution in [-0.4, -0.2) is 6.36 Å². The zero-order valence-electron chi connectivity index (χ0n) is 10.1. The number of alkyl halides is 3. The zero-order chi connectivity index (χ0) is 14.6. The highest BCUT2D eigenvalue weighted by atomic mass is 19.4. The van der Waals surface area contributed by atoms with E-state index in [-0.39, 0.29) is 5.75 Å². The molecule has 0 aliphatic carbocycles. The number of ether oxygens (including phenoxy) is 1. The summed E-state index contributed by atoms with van der Waals surface area (Å²) in [7, 11) is 0. The summed E-state index contributed by atoms with van der Waals surface area (Å²) in [5.41, 5.74) is 1.59. The van der Waals surface area contributed by atoms with Crippen LogP contribution >= 0.6 is 0 Å². The molecule has 1 N–H and O–H groups in total. The molecule has 20 heavy (non-hydrogen) atoms. The Morgan fingerprint density at radius 1 is 1.00 bits per heavy atom. The lowest BCUT2D eigenvalue weighted by atomic mass is 10.2. The number of halogens is 3. The number of hydrogen-bond acceptors (Lipinski definition) is 2. The van der Waals surface area contributed by atoms with Gasteiger partial charge in [-0.05, 0) is 30.3 Å². The minimum absolute atomic E-state index is 0.290. The van der Waals surface area contributed by atoms with Crippen LogP contribution in [0.15, 0.2) is 48.5 Å². The van der Waals surface area contributed by atoms with Crippen molar-refractivity contribution in [2.45, 2.75) is 6.36 Å². The van der Waals surface area contributed by atoms with Gasteiger partial charge in [0.15, 0.2) is 0 Å². The van der Waals surface area contributed by atoms with Crippen molar-refractivity contribution in [1.82, 2.24) is 0 Å². The highest BCUT2D eigenvalue weighted by molar-refractivity contribution is 5.74. The van der Waals surface area contributed by atoms with Crippen LogP contribution in [0.2, 0.25) is 0 Å². The molecule has 2 rings (SSSR count). The lowest BCUT2D eigenvalue weighted by Gasteiger charge is -2.11. The van der Waals surface area contributed by atoms with Crippen LogP contribution in [-0.2, 0) is 0 Å². The minimum Gasteiger partial charge on any atom is -0.406 e. The van der Waals surface area contributed by atoms with E-state index >= 15 is 0 Å². The zero-order valence-corrected chi connectivity index (χ0v) is 10.1. The Hall–Kier alpha value is -2.68. The first-order valence-corrected chi connectivity index (χ1v) is 5.57. The Kier molecular flexibility index (Phi) is 3.80. The largest absolute Gasteiger partial charge is 0.573 e. The Bertz CT molecular complexity index is 630. The standard InChI is InChI=1S/C14H9F3N2O/c1-18-12-4-2-3-5-13(12)19-10-6-8-11(9-7-10)20-14(15,16)17/h2-9,19H. The van der Waals surface area contributed by atoms with Gasteiger partial charge in [0.25, 0.3) is 0 Å². The molecule has 0 saturated heterocycles. The van der Waals surface area contributed by atoms with Crippen molar-refractivity contribution in [2.24, 2.45) is 0 Å². The van der Waals surface area contributed by atoms with Crippen molar-refractivity contribution in [2.75, 3.05) is 5.32 Å². The molecule has 0 bridgehead atoms. The van der Waals surface area contributed by atoms with Crippen molar-refractivity contribution in [3.8, 4) is 5.75 Å². The molecule has 2 aromatic rings. The van der Waals surface area contributed by atoms with Crippen molar-refractivity contribution in [3.63, 3.8) is 0 Å². The van der Waals surface area contributed by atoms with Gasteiger partial charge in [-0.15, -0.1) is 13.2 Å². The van der Waals surface area contributed by atoms with Gasteiger partial charge < -0.3 is 10.1 Å². The van der Waals surface area contributed by atoms with E-state index < -0.39 is 6.36 Å². The second kappa shape index (κ2) is 5.53. The molecule has 0 aromatic heterocycles. The van der Waals surface area contributed by atoms with E-state index in [0.29, 0.717) is 17.1 Å². The molecule has 2 aromatic carbocycles. The van der Waals surface area contributed by atoms with Gasteiger partial charge in [-0.2, -0.15) is 0 Å². The van der Waals surface area contributed by atoms with E-state index in [1.807, 2.05) is 0 Å². The molecule has 0 fully saturated rings. The third-order valence-corrected chi connectivity index (χ3v) is 2.39. The first-order valence-electron chi connectivity index (χ1n) is 5.57. The molecule has 0 radical (unpaired) electrons. The van der Waals surface area contributed by atoms with Crippen molar-refractivity contribution in [1.29, 1.82) is 0 Å². The summed E-state index contributed by atoms with van der Waals surface area (Å²) in [6, 6.07) is 12.2. The lowest BCUT2D eigenvalue weighted by molar-refractivity contribution is -0.274. The Morgan fingerprint density at radius 3 is 2.25 bits per heavy atom. The number of anilines is 2. The smallest absolute Gasteiger partial charge is 0.406 e. The quantitative estimate of drug-likeness (QED) is 0.810. The number of benzene rings is 2. The van der Waals surface area contributed by atoms with E-state index in [0.717, 1.165) is 0 Å². The average molecular weight is 278 g/mol. The highest BCUT2D eigenvalue weighted by Crippen LogP contribution is 2.29. The van der Waals surface area contributed by atoms with E-state index in [1.54, 1.807) is 24.3 Å². The third kappa shape index (κ3) is 3.65. The summed E-state index contributed by atoms with van der Waals surface area (Å²) in [4.78, 5) is 3.35. The van der Waals surface area contributed by atoms with Crippen molar-refractivity contribution in [3.05, 3.63) is 59.9 Å². The average Bonchev–Trinajstić information content (AvgIpc) is 2.40. The molecule has 0 heterocycles. The fourth-order valence-electron chi connectivity index (χ4n) is 1.57. The van der Waals surface area contributed by atoms with Crippen LogP contribution in [0.5, 0.6) is 5.75 Å². The summed E-state index contributed by atoms with van der Waals surface area (Å²) >= 11 is 0. The van der Waals surface area contributed by atoms with Gasteiger partial charge in [-0.3, -0.25) is 0 Å². The number of rotatable bonds is 3. The molecule has 0 amide bonds. The molecule has 0 unspecified atom stereocenters. The van der Waals surface area contributed by atoms with Gasteiger partial charge >= 0.3 is 6.36 Å². The van der Waals surface area contributed by atoms with Gasteiger partial charge in [0.05, 0.1) is 6.57 Å². The summed E-state index contributed by atoms with van der Waals surface area (Å²) < 4.78 is 39.8. The number of hydrogen-bond donors (Lipinski definition) is 1. The molecule has 0 spiro atoms. The third-order valence-electron chi connectivity index (χ3n) is 2.39. The molecule has 0 aliphatic heterocycles. The molecule has 0 saturated carbocycles. The first-order chi connectivity index (χ1) is 9.48. The molecule has 6 heteroatoms. The second-order valence-electron chi connectivity index (χ2n) is 3.83. The van der Waals surface area contributed by atoms with Gasteiger partial charge in [0.2, 0.25) is 5.69 Å². The maximum Gasteiger partial charge on any atom is 0.573 e.